The average molecular weight is 387 g/mol. The minimum absolute atomic E-state index is 0.0677. The number of aromatic nitrogens is 1. The van der Waals surface area contributed by atoms with Crippen molar-refractivity contribution in [2.24, 2.45) is 5.11 Å². The fraction of sp³-hybridized carbons (Fsp3) is 0.421. The predicted octanol–water partition coefficient (Wildman–Crippen LogP) is 5.17. The van der Waals surface area contributed by atoms with Gasteiger partial charge in [-0.05, 0) is 30.6 Å². The van der Waals surface area contributed by atoms with Crippen LogP contribution in [-0.2, 0) is 21.0 Å². The van der Waals surface area contributed by atoms with E-state index < -0.39 is 14.0 Å². The van der Waals surface area contributed by atoms with Crippen LogP contribution < -0.4 is 0 Å². The van der Waals surface area contributed by atoms with Gasteiger partial charge in [-0.15, -0.1) is 0 Å². The van der Waals surface area contributed by atoms with Crippen molar-refractivity contribution in [3.8, 4) is 0 Å². The molecule has 0 unspecified atom stereocenters. The molecule has 0 aliphatic rings. The fourth-order valence-corrected chi connectivity index (χ4v) is 3.32. The van der Waals surface area contributed by atoms with Crippen LogP contribution in [0, 0.1) is 0 Å². The summed E-state index contributed by atoms with van der Waals surface area (Å²) in [6.07, 6.45) is 3.45. The molecular weight excluding hydrogens is 360 g/mol. The van der Waals surface area contributed by atoms with Gasteiger partial charge in [0.2, 0.25) is 0 Å². The fourth-order valence-electron chi connectivity index (χ4n) is 2.57. The zero-order valence-electron chi connectivity index (χ0n) is 16.3. The Bertz CT molecular complexity index is 877. The molecule has 144 valence electrons. The molecule has 1 aromatic carbocycles. The molecule has 0 atom stereocenters. The molecule has 7 nitrogen and oxygen atoms in total. The van der Waals surface area contributed by atoms with E-state index in [0.29, 0.717) is 6.73 Å². The summed E-state index contributed by atoms with van der Waals surface area (Å²) in [6, 6.07) is 8.93. The summed E-state index contributed by atoms with van der Waals surface area (Å²) in [7, 11) is -1.14. The van der Waals surface area contributed by atoms with E-state index in [9.17, 15) is 4.79 Å². The number of carbonyl (C=O) groups excluding carboxylic acids is 1. The summed E-state index contributed by atoms with van der Waals surface area (Å²) in [5.41, 5.74) is 10.4. The van der Waals surface area contributed by atoms with E-state index >= 15 is 0 Å². The molecule has 1 aromatic heterocycles. The van der Waals surface area contributed by atoms with Crippen molar-refractivity contribution in [1.82, 2.24) is 4.57 Å². The standard InChI is InChI=1S/C19H26N4O3Si/c1-5-26-19(24)17(21-22-20)12-15-13-23(14-25-10-11-27(2,3)4)18-9-7-6-8-16(15)18/h6-9,12-13H,5,10-11,14H2,1-4H3/b17-12-. The average Bonchev–Trinajstić information content (AvgIpc) is 2.96. The van der Waals surface area contributed by atoms with Crippen molar-refractivity contribution in [3.63, 3.8) is 0 Å². The first-order chi connectivity index (χ1) is 12.9. The van der Waals surface area contributed by atoms with Crippen LogP contribution >= 0.6 is 0 Å². The zero-order chi connectivity index (χ0) is 19.9. The number of rotatable bonds is 9. The maximum absolute atomic E-state index is 12.0. The van der Waals surface area contributed by atoms with Crippen LogP contribution in [0.15, 0.2) is 41.3 Å². The third-order valence-electron chi connectivity index (χ3n) is 3.98. The number of hydrogen-bond donors (Lipinski definition) is 0. The van der Waals surface area contributed by atoms with Gasteiger partial charge in [0.05, 0.1) is 12.1 Å². The molecule has 0 saturated carbocycles. The second-order valence-corrected chi connectivity index (χ2v) is 13.0. The Labute approximate surface area is 160 Å². The molecule has 0 spiro atoms. The Balaban J connectivity index is 2.31. The molecule has 8 heteroatoms. The minimum atomic E-state index is -1.14. The van der Waals surface area contributed by atoms with Gasteiger partial charge < -0.3 is 14.0 Å². The van der Waals surface area contributed by atoms with E-state index in [0.717, 1.165) is 29.1 Å². The maximum atomic E-state index is 12.0. The molecule has 2 rings (SSSR count). The summed E-state index contributed by atoms with van der Waals surface area (Å²) in [5.74, 6) is -0.640. The molecule has 27 heavy (non-hydrogen) atoms. The summed E-state index contributed by atoms with van der Waals surface area (Å²) in [4.78, 5) is 14.7. The van der Waals surface area contributed by atoms with Crippen molar-refractivity contribution in [2.75, 3.05) is 13.2 Å². The van der Waals surface area contributed by atoms with Gasteiger partial charge in [-0.3, -0.25) is 0 Å². The summed E-state index contributed by atoms with van der Waals surface area (Å²) in [6.45, 7) is 10.0. The van der Waals surface area contributed by atoms with Crippen molar-refractivity contribution >= 4 is 31.0 Å². The molecule has 2 aromatic rings. The van der Waals surface area contributed by atoms with E-state index in [4.69, 9.17) is 15.0 Å². The van der Waals surface area contributed by atoms with Gasteiger partial charge in [0.25, 0.3) is 0 Å². The quantitative estimate of drug-likeness (QED) is 0.113. The molecule has 0 saturated heterocycles. The molecular formula is C19H26N4O3Si. The normalized spacial score (nSPS) is 12.1. The Kier molecular flexibility index (Phi) is 7.24. The minimum Gasteiger partial charge on any atom is -0.462 e. The van der Waals surface area contributed by atoms with Crippen LogP contribution in [0.4, 0.5) is 0 Å². The van der Waals surface area contributed by atoms with Gasteiger partial charge in [0.1, 0.15) is 12.4 Å². The number of ether oxygens (including phenoxy) is 2. The number of benzene rings is 1. The van der Waals surface area contributed by atoms with Crippen LogP contribution in [0.5, 0.6) is 0 Å². The molecule has 0 bridgehead atoms. The monoisotopic (exact) mass is 386 g/mol. The van der Waals surface area contributed by atoms with Gasteiger partial charge in [-0.2, -0.15) is 0 Å². The molecule has 1 heterocycles. The molecule has 0 N–H and O–H groups in total. The van der Waals surface area contributed by atoms with Gasteiger partial charge in [-0.25, -0.2) is 4.79 Å². The highest BCUT2D eigenvalue weighted by molar-refractivity contribution is 6.76. The van der Waals surface area contributed by atoms with Crippen molar-refractivity contribution in [3.05, 3.63) is 52.2 Å². The first kappa shape index (κ1) is 20.8. The highest BCUT2D eigenvalue weighted by Gasteiger charge is 2.14. The topological polar surface area (TPSA) is 89.2 Å². The van der Waals surface area contributed by atoms with Gasteiger partial charge in [0.15, 0.2) is 0 Å². The summed E-state index contributed by atoms with van der Waals surface area (Å²) >= 11 is 0. The van der Waals surface area contributed by atoms with E-state index in [2.05, 4.69) is 29.7 Å². The Morgan fingerprint density at radius 1 is 1.33 bits per heavy atom. The highest BCUT2D eigenvalue weighted by Crippen LogP contribution is 2.24. The number of esters is 1. The smallest absolute Gasteiger partial charge is 0.340 e. The summed E-state index contributed by atoms with van der Waals surface area (Å²) < 4.78 is 12.8. The first-order valence-electron chi connectivity index (χ1n) is 8.95. The second kappa shape index (κ2) is 9.41. The molecule has 0 fully saturated rings. The van der Waals surface area contributed by atoms with Crippen LogP contribution in [0.3, 0.4) is 0 Å². The number of hydrogen-bond acceptors (Lipinski definition) is 4. The van der Waals surface area contributed by atoms with Crippen LogP contribution in [-0.4, -0.2) is 31.8 Å². The van der Waals surface area contributed by atoms with Gasteiger partial charge in [0, 0.05) is 36.7 Å². The van der Waals surface area contributed by atoms with Crippen molar-refractivity contribution in [2.45, 2.75) is 39.3 Å². The van der Waals surface area contributed by atoms with Crippen molar-refractivity contribution < 1.29 is 14.3 Å². The molecule has 0 aliphatic carbocycles. The third kappa shape index (κ3) is 5.99. The largest absolute Gasteiger partial charge is 0.462 e. The second-order valence-electron chi connectivity index (χ2n) is 7.36. The van der Waals surface area contributed by atoms with Crippen LogP contribution in [0.2, 0.25) is 25.7 Å². The van der Waals surface area contributed by atoms with Gasteiger partial charge >= 0.3 is 5.97 Å². The Hall–Kier alpha value is -2.54. The lowest BCUT2D eigenvalue weighted by molar-refractivity contribution is -0.138. The Morgan fingerprint density at radius 3 is 2.74 bits per heavy atom. The molecule has 0 aliphatic heterocycles. The summed E-state index contributed by atoms with van der Waals surface area (Å²) in [5, 5.41) is 4.43. The lowest BCUT2D eigenvalue weighted by Crippen LogP contribution is -2.21. The predicted molar refractivity (Wildman–Crippen MR) is 110 cm³/mol. The maximum Gasteiger partial charge on any atom is 0.340 e. The number of fused-ring (bicyclic) bond motifs is 1. The number of nitrogens with zero attached hydrogens (tertiary/aromatic N) is 4. The zero-order valence-corrected chi connectivity index (χ0v) is 17.3. The number of azide groups is 1. The Morgan fingerprint density at radius 2 is 2.07 bits per heavy atom. The first-order valence-corrected chi connectivity index (χ1v) is 12.7. The lowest BCUT2D eigenvalue weighted by atomic mass is 10.1. The van der Waals surface area contributed by atoms with Crippen molar-refractivity contribution in [1.29, 1.82) is 0 Å². The van der Waals surface area contributed by atoms with Gasteiger partial charge in [-0.1, -0.05) is 43.0 Å². The van der Waals surface area contributed by atoms with Crippen LogP contribution in [0.1, 0.15) is 12.5 Å². The van der Waals surface area contributed by atoms with Crippen LogP contribution in [0.25, 0.3) is 27.4 Å². The highest BCUT2D eigenvalue weighted by atomic mass is 28.3. The molecule has 0 amide bonds. The number of carbonyl (C=O) groups is 1. The van der Waals surface area contributed by atoms with E-state index in [-0.39, 0.29) is 12.3 Å². The molecule has 0 radical (unpaired) electrons. The lowest BCUT2D eigenvalue weighted by Gasteiger charge is -2.15. The SMILES string of the molecule is CCOC(=O)/C(=C/c1cn(COCC[Si](C)(C)C)c2ccccc12)N=[N+]=[N-]. The third-order valence-corrected chi connectivity index (χ3v) is 5.68. The number of para-hydroxylation sites is 1. The van der Waals surface area contributed by atoms with E-state index in [1.165, 1.54) is 0 Å². The van der Waals surface area contributed by atoms with E-state index in [1.807, 2.05) is 35.0 Å². The van der Waals surface area contributed by atoms with E-state index in [1.54, 1.807) is 13.0 Å².